The molecule has 52 heavy (non-hydrogen) atoms. The molecule has 4 aromatic carbocycles. The van der Waals surface area contributed by atoms with Gasteiger partial charge < -0.3 is 28.4 Å². The average Bonchev–Trinajstić information content (AvgIpc) is 3.08. The van der Waals surface area contributed by atoms with Gasteiger partial charge in [0.15, 0.2) is 12.2 Å². The molecular weight excluding hydrogens is 741 g/mol. The van der Waals surface area contributed by atoms with E-state index < -0.39 is 24.1 Å². The molecule has 4 unspecified atom stereocenters. The lowest BCUT2D eigenvalue weighted by molar-refractivity contribution is -0.151. The van der Waals surface area contributed by atoms with Crippen molar-refractivity contribution in [3.05, 3.63) is 80.8 Å². The Morgan fingerprint density at radius 1 is 0.596 bits per heavy atom. The lowest BCUT2D eigenvalue weighted by Crippen LogP contribution is -2.28. The van der Waals surface area contributed by atoms with Crippen LogP contribution in [0.1, 0.15) is 49.9 Å². The molecule has 0 saturated heterocycles. The predicted octanol–water partition coefficient (Wildman–Crippen LogP) is 7.83. The molecule has 0 heterocycles. The average molecular weight is 788 g/mol. The lowest BCUT2D eigenvalue weighted by atomic mass is 10.0. The van der Waals surface area contributed by atoms with Gasteiger partial charge in [0.1, 0.15) is 23.0 Å². The first-order valence-electron chi connectivity index (χ1n) is 16.9. The van der Waals surface area contributed by atoms with Gasteiger partial charge in [0.25, 0.3) is 0 Å². The number of methoxy groups -OCH3 is 2. The normalized spacial score (nSPS) is 12.6. The maximum atomic E-state index is 12.9. The standard InChI is InChI=1S/C40H46Cl2O8P2/c1-11-47-39(43)25(7)49-37-29(41)13-15-31(51-27-17-21(3)35(45-9)22(4)18-27)33(37)34-32(52-28-19-23(5)36(46-10)24(6)20-28)16-14-30(42)38(34)50-26(8)40(44)48-12-2/h13-20,25-26,51-52H,11-12H2,1-10H3. The number of esters is 2. The summed E-state index contributed by atoms with van der Waals surface area (Å²) in [5.74, 6) is 1.09. The largest absolute Gasteiger partial charge is 0.496 e. The van der Waals surface area contributed by atoms with Gasteiger partial charge in [-0.05, 0) is 135 Å². The number of halogens is 2. The minimum absolute atomic E-state index is 0.105. The minimum Gasteiger partial charge on any atom is -0.496 e. The summed E-state index contributed by atoms with van der Waals surface area (Å²) in [5, 5.41) is 4.33. The van der Waals surface area contributed by atoms with Crippen LogP contribution in [0, 0.1) is 27.7 Å². The van der Waals surface area contributed by atoms with Crippen molar-refractivity contribution in [1.29, 1.82) is 0 Å². The molecule has 12 heteroatoms. The molecule has 0 radical (unpaired) electrons. The first kappa shape index (κ1) is 41.2. The van der Waals surface area contributed by atoms with Gasteiger partial charge in [0.2, 0.25) is 0 Å². The summed E-state index contributed by atoms with van der Waals surface area (Å²) in [6.45, 7) is 15.1. The Kier molecular flexibility index (Phi) is 14.6. The molecule has 0 bridgehead atoms. The van der Waals surface area contributed by atoms with Crippen LogP contribution in [-0.2, 0) is 19.1 Å². The van der Waals surface area contributed by atoms with Crippen molar-refractivity contribution in [3.63, 3.8) is 0 Å². The molecule has 278 valence electrons. The number of rotatable bonds is 15. The van der Waals surface area contributed by atoms with Gasteiger partial charge in [-0.25, -0.2) is 9.59 Å². The molecule has 0 aliphatic rings. The van der Waals surface area contributed by atoms with Crippen molar-refractivity contribution in [1.82, 2.24) is 0 Å². The Labute approximate surface area is 320 Å². The van der Waals surface area contributed by atoms with Crippen molar-refractivity contribution in [2.24, 2.45) is 0 Å². The summed E-state index contributed by atoms with van der Waals surface area (Å²) in [6.07, 6.45) is -2.00. The van der Waals surface area contributed by atoms with Gasteiger partial charge in [-0.1, -0.05) is 52.5 Å². The molecule has 0 amide bonds. The van der Waals surface area contributed by atoms with Crippen LogP contribution < -0.4 is 40.2 Å². The quantitative estimate of drug-likeness (QED) is 0.0891. The van der Waals surface area contributed by atoms with Crippen LogP contribution in [0.25, 0.3) is 11.1 Å². The lowest BCUT2D eigenvalue weighted by Gasteiger charge is -2.25. The smallest absolute Gasteiger partial charge is 0.347 e. The number of carbonyl (C=O) groups is 2. The zero-order valence-electron chi connectivity index (χ0n) is 31.2. The van der Waals surface area contributed by atoms with Crippen LogP contribution in [0.5, 0.6) is 23.0 Å². The van der Waals surface area contributed by atoms with Crippen molar-refractivity contribution in [2.75, 3.05) is 27.4 Å². The maximum absolute atomic E-state index is 12.9. The van der Waals surface area contributed by atoms with E-state index in [0.29, 0.717) is 11.1 Å². The zero-order chi connectivity index (χ0) is 38.3. The van der Waals surface area contributed by atoms with Gasteiger partial charge in [-0.15, -0.1) is 0 Å². The molecule has 0 aliphatic carbocycles. The Hall–Kier alpha value is -3.54. The van der Waals surface area contributed by atoms with Crippen LogP contribution in [-0.4, -0.2) is 51.6 Å². The number of aryl methyl sites for hydroxylation is 4. The number of hydrogen-bond acceptors (Lipinski definition) is 8. The van der Waals surface area contributed by atoms with E-state index in [4.69, 9.17) is 51.6 Å². The highest BCUT2D eigenvalue weighted by Crippen LogP contribution is 2.46. The van der Waals surface area contributed by atoms with Crippen molar-refractivity contribution in [3.8, 4) is 34.1 Å². The topological polar surface area (TPSA) is 89.5 Å². The number of ether oxygens (including phenoxy) is 6. The molecule has 0 aliphatic heterocycles. The highest BCUT2D eigenvalue weighted by molar-refractivity contribution is 7.56. The fourth-order valence-electron chi connectivity index (χ4n) is 6.02. The van der Waals surface area contributed by atoms with Crippen LogP contribution >= 0.6 is 40.4 Å². The molecule has 0 saturated carbocycles. The van der Waals surface area contributed by atoms with Crippen LogP contribution in [0.3, 0.4) is 0 Å². The molecule has 0 N–H and O–H groups in total. The molecule has 4 atom stereocenters. The van der Waals surface area contributed by atoms with Crippen LogP contribution in [0.15, 0.2) is 48.5 Å². The SMILES string of the molecule is CCOC(=O)C(C)Oc1c(Cl)ccc(Pc2cc(C)c(OC)c(C)c2)c1-c1c(Pc2cc(C)c(OC)c(C)c2)ccc(Cl)c1OC(C)C(=O)OCC. The first-order valence-corrected chi connectivity index (χ1v) is 19.7. The molecule has 8 nitrogen and oxygen atoms in total. The second-order valence-corrected chi connectivity index (χ2v) is 15.7. The van der Waals surface area contributed by atoms with Gasteiger partial charge in [-0.2, -0.15) is 0 Å². The van der Waals surface area contributed by atoms with Gasteiger partial charge in [0.05, 0.1) is 37.5 Å². The Bertz CT molecular complexity index is 1760. The number of carbonyl (C=O) groups excluding carboxylic acids is 2. The summed E-state index contributed by atoms with van der Waals surface area (Å²) in [5.41, 5.74) is 5.16. The third-order valence-electron chi connectivity index (χ3n) is 8.18. The Morgan fingerprint density at radius 3 is 1.21 bits per heavy atom. The van der Waals surface area contributed by atoms with Crippen LogP contribution in [0.2, 0.25) is 10.0 Å². The summed E-state index contributed by atoms with van der Waals surface area (Å²) in [7, 11) is 3.53. The number of hydrogen-bond donors (Lipinski definition) is 0. The first-order chi connectivity index (χ1) is 24.7. The highest BCUT2D eigenvalue weighted by Gasteiger charge is 2.29. The van der Waals surface area contributed by atoms with Gasteiger partial charge >= 0.3 is 11.9 Å². The van der Waals surface area contributed by atoms with Gasteiger partial charge in [0, 0.05) is 11.1 Å². The van der Waals surface area contributed by atoms with E-state index in [-0.39, 0.29) is 51.9 Å². The minimum atomic E-state index is -1.000. The summed E-state index contributed by atoms with van der Waals surface area (Å²) in [4.78, 5) is 25.9. The van der Waals surface area contributed by atoms with E-state index in [2.05, 4.69) is 24.3 Å². The van der Waals surface area contributed by atoms with E-state index in [1.165, 1.54) is 0 Å². The maximum Gasteiger partial charge on any atom is 0.347 e. The van der Waals surface area contributed by atoms with E-state index in [1.807, 2.05) is 39.8 Å². The van der Waals surface area contributed by atoms with E-state index in [0.717, 1.165) is 55.0 Å². The van der Waals surface area contributed by atoms with E-state index in [1.54, 1.807) is 54.0 Å². The molecule has 4 rings (SSSR count). The van der Waals surface area contributed by atoms with E-state index >= 15 is 0 Å². The fraction of sp³-hybridized carbons (Fsp3) is 0.350. The second-order valence-electron chi connectivity index (χ2n) is 12.2. The monoisotopic (exact) mass is 786 g/mol. The summed E-state index contributed by atoms with van der Waals surface area (Å²) >= 11 is 14.0. The third-order valence-corrected chi connectivity index (χ3v) is 11.3. The fourth-order valence-corrected chi connectivity index (χ4v) is 9.26. The summed E-state index contributed by atoms with van der Waals surface area (Å²) in [6, 6.07) is 15.8. The zero-order valence-corrected chi connectivity index (χ0v) is 34.7. The molecule has 0 spiro atoms. The van der Waals surface area contributed by atoms with Crippen LogP contribution in [0.4, 0.5) is 0 Å². The van der Waals surface area contributed by atoms with Crippen molar-refractivity contribution < 1.29 is 38.0 Å². The second kappa shape index (κ2) is 18.5. The number of benzene rings is 4. The predicted molar refractivity (Wildman–Crippen MR) is 215 cm³/mol. The Morgan fingerprint density at radius 2 is 0.923 bits per heavy atom. The highest BCUT2D eigenvalue weighted by atomic mass is 35.5. The van der Waals surface area contributed by atoms with Crippen molar-refractivity contribution >= 4 is 73.5 Å². The van der Waals surface area contributed by atoms with E-state index in [9.17, 15) is 9.59 Å². The Balaban J connectivity index is 2.08. The molecule has 0 fully saturated rings. The third kappa shape index (κ3) is 9.51. The molecule has 0 aromatic heterocycles. The molecule has 4 aromatic rings. The molecular formula is C40H46Cl2O8P2. The summed E-state index contributed by atoms with van der Waals surface area (Å²) < 4.78 is 34.8. The van der Waals surface area contributed by atoms with Crippen molar-refractivity contribution in [2.45, 2.75) is 67.6 Å². The van der Waals surface area contributed by atoms with Gasteiger partial charge in [-0.3, -0.25) is 0 Å².